The van der Waals surface area contributed by atoms with Gasteiger partial charge in [0.15, 0.2) is 23.9 Å². The van der Waals surface area contributed by atoms with E-state index in [0.29, 0.717) is 5.56 Å². The number of phenolic OH excluding ortho intramolecular Hbond substituents is 3. The molecule has 436 valence electrons. The zero-order chi connectivity index (χ0) is 57.9. The Labute approximate surface area is 449 Å². The van der Waals surface area contributed by atoms with Crippen LogP contribution in [0.25, 0.3) is 28.4 Å². The van der Waals surface area contributed by atoms with E-state index in [1.807, 2.05) is 0 Å². The van der Waals surface area contributed by atoms with Gasteiger partial charge in [0.05, 0.1) is 24.8 Å². The van der Waals surface area contributed by atoms with Crippen LogP contribution in [0.5, 0.6) is 34.5 Å². The molecular formula is C50H57O30+. The summed E-state index contributed by atoms with van der Waals surface area (Å²) >= 11 is 0. The molecule has 8 rings (SSSR count). The molecule has 16 N–H and O–H groups in total. The normalized spacial score (nSPS) is 33.7. The van der Waals surface area contributed by atoms with E-state index in [9.17, 15) is 91.0 Å². The van der Waals surface area contributed by atoms with Crippen LogP contribution >= 0.6 is 0 Å². The lowest BCUT2D eigenvalue weighted by molar-refractivity contribution is -0.345. The highest BCUT2D eigenvalue weighted by atomic mass is 16.8. The number of carboxylic acids is 1. The van der Waals surface area contributed by atoms with E-state index < -0.39 is 196 Å². The summed E-state index contributed by atoms with van der Waals surface area (Å²) in [6.07, 6.45) is -33.0. The van der Waals surface area contributed by atoms with Gasteiger partial charge in [-0.2, -0.15) is 0 Å². The highest BCUT2D eigenvalue weighted by Crippen LogP contribution is 2.44. The van der Waals surface area contributed by atoms with Crippen molar-refractivity contribution in [3.8, 4) is 45.8 Å². The summed E-state index contributed by atoms with van der Waals surface area (Å²) in [4.78, 5) is 36.1. The van der Waals surface area contributed by atoms with Gasteiger partial charge in [-0.1, -0.05) is 12.1 Å². The average molecular weight is 1140 g/mol. The highest BCUT2D eigenvalue weighted by Gasteiger charge is 2.52. The summed E-state index contributed by atoms with van der Waals surface area (Å²) in [6, 6.07) is 12.3. The molecule has 0 radical (unpaired) electrons. The zero-order valence-corrected chi connectivity index (χ0v) is 41.3. The Bertz CT molecular complexity index is 2830. The number of phenols is 3. The van der Waals surface area contributed by atoms with E-state index in [4.69, 9.17) is 56.9 Å². The standard InChI is InChI=1S/C50H56O30/c51-14-29-36(61)39(64)43(68)48(77-29)73-21-5-1-18(2-6-21)3-8-33(58)70-16-31-38(63)41(66)46(80-47-42(67)35(60)25(55)15-72-47)50(79-31)76-28-12-22-26(74-45(28)19-4-7-23(53)24(54)9-19)10-20(52)11-27(22)75-49-44(69)40(65)37(62)30(78-49)17-71-34(59)13-32(56)57/h1-12,25,29-31,35-44,46-51,55,60-69H,13-17H2,(H3-,52,53,54,56,57)/p+1. The second-order valence-corrected chi connectivity index (χ2v) is 18.7. The maximum atomic E-state index is 13.1. The topological polar surface area (TPSA) is 478 Å². The molecule has 4 aromatic rings. The Morgan fingerprint density at radius 2 is 1.20 bits per heavy atom. The van der Waals surface area contributed by atoms with Crippen molar-refractivity contribution >= 4 is 35.0 Å². The summed E-state index contributed by atoms with van der Waals surface area (Å²) in [5, 5.41) is 167. The minimum Gasteiger partial charge on any atom is -0.507 e. The average Bonchev–Trinajstić information content (AvgIpc) is 3.44. The second kappa shape index (κ2) is 25.4. The van der Waals surface area contributed by atoms with E-state index >= 15 is 0 Å². The van der Waals surface area contributed by atoms with Crippen LogP contribution in [0.3, 0.4) is 0 Å². The Balaban J connectivity index is 1.07. The minimum absolute atomic E-state index is 0.0586. The Morgan fingerprint density at radius 3 is 1.86 bits per heavy atom. The first kappa shape index (κ1) is 59.5. The molecule has 3 aromatic carbocycles. The number of carbonyl (C=O) groups is 3. The molecule has 0 saturated carbocycles. The van der Waals surface area contributed by atoms with Crippen molar-refractivity contribution in [3.05, 3.63) is 72.3 Å². The molecule has 30 heteroatoms. The third-order valence-electron chi connectivity index (χ3n) is 13.1. The van der Waals surface area contributed by atoms with E-state index in [0.717, 1.165) is 36.4 Å². The predicted octanol–water partition coefficient (Wildman–Crippen LogP) is -4.21. The smallest absolute Gasteiger partial charge is 0.402 e. The number of aliphatic carboxylic acids is 1. The van der Waals surface area contributed by atoms with Crippen LogP contribution in [0.2, 0.25) is 0 Å². The van der Waals surface area contributed by atoms with Gasteiger partial charge in [-0.3, -0.25) is 9.59 Å². The number of carbonyl (C=O) groups excluding carboxylic acids is 2. The number of ether oxygens (including phenoxy) is 10. The molecule has 0 aliphatic carbocycles. The van der Waals surface area contributed by atoms with Crippen LogP contribution in [0.4, 0.5) is 0 Å². The van der Waals surface area contributed by atoms with Crippen molar-refractivity contribution in [1.82, 2.24) is 0 Å². The third-order valence-corrected chi connectivity index (χ3v) is 13.1. The summed E-state index contributed by atoms with van der Waals surface area (Å²) in [6.45, 7) is -2.91. The summed E-state index contributed by atoms with van der Waals surface area (Å²) in [5.74, 6) is -6.69. The molecule has 4 fully saturated rings. The number of rotatable bonds is 18. The van der Waals surface area contributed by atoms with Crippen molar-refractivity contribution in [2.45, 2.75) is 123 Å². The van der Waals surface area contributed by atoms with Crippen molar-refractivity contribution in [2.24, 2.45) is 0 Å². The highest BCUT2D eigenvalue weighted by molar-refractivity contribution is 5.90. The van der Waals surface area contributed by atoms with Gasteiger partial charge in [-0.25, -0.2) is 9.21 Å². The Kier molecular flexibility index (Phi) is 18.9. The van der Waals surface area contributed by atoms with E-state index in [-0.39, 0.29) is 28.0 Å². The first-order chi connectivity index (χ1) is 38.0. The molecule has 19 atom stereocenters. The summed E-state index contributed by atoms with van der Waals surface area (Å²) in [5.41, 5.74) is 0.0826. The van der Waals surface area contributed by atoms with Crippen LogP contribution in [0.1, 0.15) is 12.0 Å². The fourth-order valence-electron chi connectivity index (χ4n) is 8.64. The fraction of sp³-hybridized carbons (Fsp3) is 0.480. The largest absolute Gasteiger partial charge is 0.507 e. The van der Waals surface area contributed by atoms with Gasteiger partial charge in [0.25, 0.3) is 0 Å². The zero-order valence-electron chi connectivity index (χ0n) is 41.3. The van der Waals surface area contributed by atoms with Crippen LogP contribution < -0.4 is 14.2 Å². The Morgan fingerprint density at radius 1 is 0.600 bits per heavy atom. The lowest BCUT2D eigenvalue weighted by Crippen LogP contribution is -2.64. The first-order valence-electron chi connectivity index (χ1n) is 24.3. The van der Waals surface area contributed by atoms with Gasteiger partial charge in [0, 0.05) is 24.3 Å². The van der Waals surface area contributed by atoms with Gasteiger partial charge in [-0.15, -0.1) is 0 Å². The van der Waals surface area contributed by atoms with Gasteiger partial charge in [0.1, 0.15) is 128 Å². The molecule has 1 aromatic heterocycles. The number of aliphatic hydroxyl groups is 12. The van der Waals surface area contributed by atoms with Crippen molar-refractivity contribution in [1.29, 1.82) is 0 Å². The lowest BCUT2D eigenvalue weighted by Gasteiger charge is -2.44. The third kappa shape index (κ3) is 13.4. The van der Waals surface area contributed by atoms with E-state index in [1.54, 1.807) is 0 Å². The number of carboxylic acid groups (broad SMARTS) is 1. The second-order valence-electron chi connectivity index (χ2n) is 18.7. The minimum atomic E-state index is -2.10. The van der Waals surface area contributed by atoms with Crippen molar-refractivity contribution < 1.29 is 148 Å². The number of aliphatic hydroxyl groups excluding tert-OH is 12. The molecule has 4 aliphatic rings. The van der Waals surface area contributed by atoms with Crippen molar-refractivity contribution in [3.63, 3.8) is 0 Å². The van der Waals surface area contributed by atoms with Gasteiger partial charge in [-0.05, 0) is 35.9 Å². The van der Waals surface area contributed by atoms with E-state index in [1.165, 1.54) is 36.4 Å². The first-order valence-corrected chi connectivity index (χ1v) is 24.3. The summed E-state index contributed by atoms with van der Waals surface area (Å²) in [7, 11) is 0. The van der Waals surface area contributed by atoms with Crippen LogP contribution in [-0.2, 0) is 47.5 Å². The van der Waals surface area contributed by atoms with Crippen molar-refractivity contribution in [2.75, 3.05) is 26.4 Å². The molecule has 4 aliphatic heterocycles. The number of hydrogen-bond donors (Lipinski definition) is 16. The quantitative estimate of drug-likeness (QED) is 0.0148. The van der Waals surface area contributed by atoms with Crippen LogP contribution in [0, 0.1) is 0 Å². The number of aromatic hydroxyl groups is 3. The molecule has 0 spiro atoms. The molecule has 5 heterocycles. The number of hydrogen-bond acceptors (Lipinski definition) is 28. The molecule has 80 heavy (non-hydrogen) atoms. The van der Waals surface area contributed by atoms with Crippen LogP contribution in [-0.4, -0.2) is 243 Å². The monoisotopic (exact) mass is 1140 g/mol. The molecule has 19 unspecified atom stereocenters. The van der Waals surface area contributed by atoms with Crippen LogP contribution in [0.15, 0.2) is 71.2 Å². The number of esters is 2. The SMILES string of the molecule is O=C(O)CC(=O)OCC1OC(Oc2cc(O)cc3[o+]c(-c4ccc(O)c(O)c4)c(OC4OC(COC(=O)C=Cc5ccc(OC6OC(CO)C(O)C(O)C6O)cc5)C(O)C(O)C4OC4OCC(O)C(O)C4O)cc23)C(O)C(O)C1O. The predicted molar refractivity (Wildman–Crippen MR) is 256 cm³/mol. The molecule has 4 saturated heterocycles. The van der Waals surface area contributed by atoms with Gasteiger partial charge in [0.2, 0.25) is 24.6 Å². The molecule has 0 bridgehead atoms. The lowest BCUT2D eigenvalue weighted by atomic mass is 9.98. The fourth-order valence-corrected chi connectivity index (χ4v) is 8.64. The summed E-state index contributed by atoms with van der Waals surface area (Å²) < 4.78 is 62.6. The Hall–Kier alpha value is -6.66. The molecular weight excluding hydrogens is 1080 g/mol. The maximum Gasteiger partial charge on any atom is 0.402 e. The van der Waals surface area contributed by atoms with Gasteiger partial charge < -0.3 is 129 Å². The number of fused-ring (bicyclic) bond motifs is 1. The molecule has 30 nitrogen and oxygen atoms in total. The molecule has 0 amide bonds. The maximum absolute atomic E-state index is 13.1. The number of benzene rings is 3. The van der Waals surface area contributed by atoms with Gasteiger partial charge >= 0.3 is 29.3 Å². The van der Waals surface area contributed by atoms with E-state index in [2.05, 4.69) is 0 Å².